The van der Waals surface area contributed by atoms with Gasteiger partial charge in [-0.3, -0.25) is 10.1 Å². The monoisotopic (exact) mass is 322 g/mol. The lowest BCUT2D eigenvalue weighted by atomic mass is 10.0. The van der Waals surface area contributed by atoms with Crippen LogP contribution >= 0.6 is 11.6 Å². The summed E-state index contributed by atoms with van der Waals surface area (Å²) in [7, 11) is -4.00. The second-order valence-electron chi connectivity index (χ2n) is 4.87. The summed E-state index contributed by atoms with van der Waals surface area (Å²) < 4.78 is 26.7. The minimum absolute atomic E-state index is 0.256. The van der Waals surface area contributed by atoms with Crippen molar-refractivity contribution in [2.45, 2.75) is 37.3 Å². The van der Waals surface area contributed by atoms with Crippen molar-refractivity contribution >= 4 is 27.3 Å². The molecular formula is C11H15ClN2O5S. The average Bonchev–Trinajstić information content (AvgIpc) is 2.26. The van der Waals surface area contributed by atoms with Crippen LogP contribution < -0.4 is 4.72 Å². The molecule has 0 spiro atoms. The smallest absolute Gasteiger partial charge is 0.271 e. The van der Waals surface area contributed by atoms with Gasteiger partial charge in [0.05, 0.1) is 21.6 Å². The van der Waals surface area contributed by atoms with Crippen LogP contribution in [0.15, 0.2) is 23.1 Å². The molecule has 20 heavy (non-hydrogen) atoms. The van der Waals surface area contributed by atoms with E-state index in [1.807, 2.05) is 0 Å². The van der Waals surface area contributed by atoms with Crippen molar-refractivity contribution in [2.75, 3.05) is 0 Å². The number of nitro benzene ring substituents is 1. The fourth-order valence-corrected chi connectivity index (χ4v) is 3.32. The molecule has 9 heteroatoms. The van der Waals surface area contributed by atoms with Gasteiger partial charge in [0.25, 0.3) is 5.69 Å². The second-order valence-corrected chi connectivity index (χ2v) is 6.93. The summed E-state index contributed by atoms with van der Waals surface area (Å²) in [5.41, 5.74) is -1.41. The molecule has 0 aliphatic carbocycles. The lowest BCUT2D eigenvalue weighted by molar-refractivity contribution is -0.384. The van der Waals surface area contributed by atoms with Crippen molar-refractivity contribution < 1.29 is 18.4 Å². The number of aliphatic hydroxyl groups excluding tert-OH is 1. The first-order chi connectivity index (χ1) is 8.97. The Balaban J connectivity index is 3.21. The van der Waals surface area contributed by atoms with Gasteiger partial charge in [0, 0.05) is 12.1 Å². The lowest BCUT2D eigenvalue weighted by Gasteiger charge is -2.29. The van der Waals surface area contributed by atoms with Crippen LogP contribution in [0.25, 0.3) is 0 Å². The number of hydrogen-bond acceptors (Lipinski definition) is 5. The molecule has 7 nitrogen and oxygen atoms in total. The molecule has 1 aromatic carbocycles. The first-order valence-corrected chi connectivity index (χ1v) is 7.49. The van der Waals surface area contributed by atoms with Gasteiger partial charge >= 0.3 is 0 Å². The highest BCUT2D eigenvalue weighted by Gasteiger charge is 2.31. The SMILES string of the molecule is CC(O)C(C)(C)NS(=O)(=O)c1ccc([N+](=O)[O-])cc1Cl. The molecule has 0 fully saturated rings. The minimum atomic E-state index is -4.00. The van der Waals surface area contributed by atoms with Gasteiger partial charge in [0.15, 0.2) is 0 Å². The van der Waals surface area contributed by atoms with E-state index in [9.17, 15) is 23.6 Å². The van der Waals surface area contributed by atoms with Gasteiger partial charge in [0.1, 0.15) is 4.90 Å². The Bertz CT molecular complexity index is 628. The Morgan fingerprint density at radius 3 is 2.40 bits per heavy atom. The van der Waals surface area contributed by atoms with E-state index in [0.29, 0.717) is 0 Å². The van der Waals surface area contributed by atoms with Gasteiger partial charge in [-0.15, -0.1) is 0 Å². The van der Waals surface area contributed by atoms with E-state index >= 15 is 0 Å². The topological polar surface area (TPSA) is 110 Å². The number of aliphatic hydroxyl groups is 1. The molecule has 0 aliphatic heterocycles. The number of nitro groups is 1. The highest BCUT2D eigenvalue weighted by atomic mass is 35.5. The third-order valence-electron chi connectivity index (χ3n) is 2.86. The Morgan fingerprint density at radius 1 is 1.45 bits per heavy atom. The quantitative estimate of drug-likeness (QED) is 0.633. The first kappa shape index (κ1) is 16.8. The molecule has 1 unspecified atom stereocenters. The predicted octanol–water partition coefficient (Wildman–Crippen LogP) is 1.69. The van der Waals surface area contributed by atoms with E-state index in [-0.39, 0.29) is 15.6 Å². The van der Waals surface area contributed by atoms with Crippen LogP contribution in [-0.2, 0) is 10.0 Å². The van der Waals surface area contributed by atoms with Crippen LogP contribution in [0.1, 0.15) is 20.8 Å². The third kappa shape index (κ3) is 3.66. The van der Waals surface area contributed by atoms with Crippen molar-refractivity contribution in [2.24, 2.45) is 0 Å². The average molecular weight is 323 g/mol. The standard InChI is InChI=1S/C11H15ClN2O5S/c1-7(15)11(2,3)13-20(18,19)10-5-4-8(14(16)17)6-9(10)12/h4-7,13,15H,1-3H3. The normalized spacial score (nSPS) is 14.1. The highest BCUT2D eigenvalue weighted by Crippen LogP contribution is 2.27. The first-order valence-electron chi connectivity index (χ1n) is 5.63. The number of sulfonamides is 1. The number of rotatable bonds is 5. The third-order valence-corrected chi connectivity index (χ3v) is 5.01. The van der Waals surface area contributed by atoms with Crippen molar-refractivity contribution in [3.05, 3.63) is 33.3 Å². The predicted molar refractivity (Wildman–Crippen MR) is 74.2 cm³/mol. The van der Waals surface area contributed by atoms with Crippen molar-refractivity contribution in [3.63, 3.8) is 0 Å². The van der Waals surface area contributed by atoms with E-state index in [2.05, 4.69) is 4.72 Å². The molecule has 0 heterocycles. The largest absolute Gasteiger partial charge is 0.391 e. The van der Waals surface area contributed by atoms with Crippen molar-refractivity contribution in [3.8, 4) is 0 Å². The number of nitrogens with one attached hydrogen (secondary N) is 1. The van der Waals surface area contributed by atoms with E-state index in [1.165, 1.54) is 20.8 Å². The Morgan fingerprint density at radius 2 is 2.00 bits per heavy atom. The summed E-state index contributed by atoms with van der Waals surface area (Å²) in [6.45, 7) is 4.46. The molecule has 112 valence electrons. The Kier molecular flexibility index (Phi) is 4.75. The zero-order chi connectivity index (χ0) is 15.7. The molecule has 1 atom stereocenters. The Hall–Kier alpha value is -1.22. The fraction of sp³-hybridized carbons (Fsp3) is 0.455. The maximum absolute atomic E-state index is 12.2. The van der Waals surface area contributed by atoms with Crippen LogP contribution in [0, 0.1) is 10.1 Å². The summed E-state index contributed by atoms with van der Waals surface area (Å²) in [5.74, 6) is 0. The molecule has 0 saturated heterocycles. The van der Waals surface area contributed by atoms with E-state index in [1.54, 1.807) is 0 Å². The zero-order valence-corrected chi connectivity index (χ0v) is 12.7. The van der Waals surface area contributed by atoms with Crippen LogP contribution in [0.5, 0.6) is 0 Å². The number of nitrogens with zero attached hydrogens (tertiary/aromatic N) is 1. The Labute approximate surface area is 121 Å². The highest BCUT2D eigenvalue weighted by molar-refractivity contribution is 7.89. The summed E-state index contributed by atoms with van der Waals surface area (Å²) >= 11 is 5.78. The second kappa shape index (κ2) is 5.65. The molecule has 1 rings (SSSR count). The fourth-order valence-electron chi connectivity index (χ4n) is 1.31. The van der Waals surface area contributed by atoms with Crippen LogP contribution in [0.3, 0.4) is 0 Å². The van der Waals surface area contributed by atoms with Gasteiger partial charge in [-0.05, 0) is 26.8 Å². The zero-order valence-electron chi connectivity index (χ0n) is 11.1. The summed E-state index contributed by atoms with van der Waals surface area (Å²) in [4.78, 5) is 9.63. The summed E-state index contributed by atoms with van der Waals surface area (Å²) in [5, 5.41) is 19.9. The van der Waals surface area contributed by atoms with Gasteiger partial charge in [0.2, 0.25) is 10.0 Å². The van der Waals surface area contributed by atoms with E-state index in [4.69, 9.17) is 11.6 Å². The minimum Gasteiger partial charge on any atom is -0.391 e. The van der Waals surface area contributed by atoms with Crippen LogP contribution in [0.4, 0.5) is 5.69 Å². The van der Waals surface area contributed by atoms with E-state index in [0.717, 1.165) is 18.2 Å². The lowest BCUT2D eigenvalue weighted by Crippen LogP contribution is -2.50. The van der Waals surface area contributed by atoms with Crippen LogP contribution in [0.2, 0.25) is 5.02 Å². The van der Waals surface area contributed by atoms with Gasteiger partial charge in [-0.1, -0.05) is 11.6 Å². The van der Waals surface area contributed by atoms with Gasteiger partial charge in [-0.2, -0.15) is 0 Å². The molecule has 0 bridgehead atoms. The maximum atomic E-state index is 12.2. The molecule has 2 N–H and O–H groups in total. The van der Waals surface area contributed by atoms with Crippen molar-refractivity contribution in [1.82, 2.24) is 4.72 Å². The number of non-ortho nitro benzene ring substituents is 1. The van der Waals surface area contributed by atoms with Gasteiger partial charge < -0.3 is 5.11 Å². The van der Waals surface area contributed by atoms with E-state index < -0.39 is 26.6 Å². The molecule has 1 aromatic rings. The molecule has 0 saturated carbocycles. The number of halogens is 1. The van der Waals surface area contributed by atoms with Crippen LogP contribution in [-0.4, -0.2) is 30.1 Å². The number of hydrogen-bond donors (Lipinski definition) is 2. The maximum Gasteiger partial charge on any atom is 0.271 e. The molecule has 0 aliphatic rings. The van der Waals surface area contributed by atoms with Crippen molar-refractivity contribution in [1.29, 1.82) is 0 Å². The van der Waals surface area contributed by atoms with Gasteiger partial charge in [-0.25, -0.2) is 13.1 Å². The number of benzene rings is 1. The molecule has 0 radical (unpaired) electrons. The summed E-state index contributed by atoms with van der Waals surface area (Å²) in [6.07, 6.45) is -0.936. The summed E-state index contributed by atoms with van der Waals surface area (Å²) in [6, 6.07) is 3.07. The molecule has 0 aromatic heterocycles. The molecular weight excluding hydrogens is 308 g/mol. The molecule has 0 amide bonds.